The zero-order valence-electron chi connectivity index (χ0n) is 19.4. The molecular weight excluding hydrogens is 468 g/mol. The first-order chi connectivity index (χ1) is 17.5. The van der Waals surface area contributed by atoms with Gasteiger partial charge >= 0.3 is 0 Å². The molecule has 2 saturated heterocycles. The van der Waals surface area contributed by atoms with Gasteiger partial charge in [-0.25, -0.2) is 8.78 Å². The van der Waals surface area contributed by atoms with Crippen molar-refractivity contribution in [3.05, 3.63) is 78.0 Å². The van der Waals surface area contributed by atoms with E-state index < -0.39 is 17.5 Å². The zero-order chi connectivity index (χ0) is 25.1. The van der Waals surface area contributed by atoms with Crippen LogP contribution in [0.15, 0.2) is 60.8 Å². The molecule has 0 radical (unpaired) electrons. The first kappa shape index (κ1) is 23.8. The Morgan fingerprint density at radius 2 is 1.69 bits per heavy atom. The van der Waals surface area contributed by atoms with Crippen LogP contribution in [0.3, 0.4) is 0 Å². The fraction of sp³-hybridized carbons (Fsp3) is 0.308. The third kappa shape index (κ3) is 5.18. The number of hydrogen-bond donors (Lipinski definition) is 1. The van der Waals surface area contributed by atoms with Gasteiger partial charge in [-0.1, -0.05) is 0 Å². The lowest BCUT2D eigenvalue weighted by Gasteiger charge is -2.33. The van der Waals surface area contributed by atoms with E-state index in [1.54, 1.807) is 40.3 Å². The molecular formula is C26H25F2N5O3. The molecule has 5 rings (SSSR count). The van der Waals surface area contributed by atoms with Crippen molar-refractivity contribution in [2.75, 3.05) is 31.1 Å². The van der Waals surface area contributed by atoms with Gasteiger partial charge in [0, 0.05) is 56.8 Å². The summed E-state index contributed by atoms with van der Waals surface area (Å²) in [4.78, 5) is 28.8. The van der Waals surface area contributed by atoms with Crippen molar-refractivity contribution < 1.29 is 23.1 Å². The maximum Gasteiger partial charge on any atom is 0.254 e. The topological polar surface area (TPSA) is 87.7 Å². The highest BCUT2D eigenvalue weighted by Crippen LogP contribution is 2.29. The standard InChI is InChI=1S/C26H25F2N5O3/c27-19-12-17(13-20(28)14-19)25(34)32-10-7-23(8-11-32)36-22-5-3-21(4-6-22)33(24-2-1-9-30-31-24)26(35)18-15-29-16-18/h1-6,9,12-14,18,23,29H,7-8,10-11,15-16H2. The molecule has 36 heavy (non-hydrogen) atoms. The van der Waals surface area contributed by atoms with Crippen molar-refractivity contribution in [2.24, 2.45) is 5.92 Å². The Bertz CT molecular complexity index is 1210. The van der Waals surface area contributed by atoms with Gasteiger partial charge in [0.1, 0.15) is 23.5 Å². The minimum atomic E-state index is -0.774. The predicted molar refractivity (Wildman–Crippen MR) is 128 cm³/mol. The number of anilines is 2. The Morgan fingerprint density at radius 1 is 1.00 bits per heavy atom. The van der Waals surface area contributed by atoms with E-state index in [0.29, 0.717) is 56.3 Å². The van der Waals surface area contributed by atoms with E-state index in [4.69, 9.17) is 4.74 Å². The van der Waals surface area contributed by atoms with Gasteiger partial charge in [0.2, 0.25) is 5.91 Å². The first-order valence-corrected chi connectivity index (χ1v) is 11.8. The Balaban J connectivity index is 1.21. The van der Waals surface area contributed by atoms with Crippen LogP contribution in [0.2, 0.25) is 0 Å². The SMILES string of the molecule is O=C(c1cc(F)cc(F)c1)N1CCC(Oc2ccc(N(C(=O)C3CNC3)c3cccnn3)cc2)CC1. The van der Waals surface area contributed by atoms with Crippen LogP contribution < -0.4 is 15.0 Å². The van der Waals surface area contributed by atoms with Crippen LogP contribution in [-0.2, 0) is 4.79 Å². The highest BCUT2D eigenvalue weighted by molar-refractivity contribution is 6.01. The lowest BCUT2D eigenvalue weighted by atomic mass is 10.0. The van der Waals surface area contributed by atoms with Crippen molar-refractivity contribution >= 4 is 23.3 Å². The van der Waals surface area contributed by atoms with Crippen LogP contribution in [-0.4, -0.2) is 59.2 Å². The van der Waals surface area contributed by atoms with Gasteiger partial charge in [-0.2, -0.15) is 5.10 Å². The van der Waals surface area contributed by atoms with Gasteiger partial charge in [-0.3, -0.25) is 14.5 Å². The number of nitrogens with one attached hydrogen (secondary N) is 1. The average molecular weight is 494 g/mol. The van der Waals surface area contributed by atoms with Crippen LogP contribution in [0.25, 0.3) is 0 Å². The number of halogens is 2. The third-order valence-corrected chi connectivity index (χ3v) is 6.37. The van der Waals surface area contributed by atoms with E-state index in [0.717, 1.165) is 18.2 Å². The molecule has 0 bridgehead atoms. The second-order valence-electron chi connectivity index (χ2n) is 8.87. The van der Waals surface area contributed by atoms with E-state index in [-0.39, 0.29) is 23.5 Å². The normalized spacial score (nSPS) is 16.3. The first-order valence-electron chi connectivity index (χ1n) is 11.8. The number of rotatable bonds is 6. The average Bonchev–Trinajstić information content (AvgIpc) is 2.84. The molecule has 0 saturated carbocycles. The summed E-state index contributed by atoms with van der Waals surface area (Å²) in [5.41, 5.74) is 0.671. The van der Waals surface area contributed by atoms with E-state index in [1.807, 2.05) is 12.1 Å². The lowest BCUT2D eigenvalue weighted by molar-refractivity contribution is -0.123. The minimum Gasteiger partial charge on any atom is -0.490 e. The van der Waals surface area contributed by atoms with Crippen molar-refractivity contribution in [1.82, 2.24) is 20.4 Å². The van der Waals surface area contributed by atoms with Crippen molar-refractivity contribution in [3.8, 4) is 5.75 Å². The molecule has 0 aliphatic carbocycles. The predicted octanol–water partition coefficient (Wildman–Crippen LogP) is 3.32. The number of amides is 2. The van der Waals surface area contributed by atoms with Gasteiger partial charge in [0.25, 0.3) is 5.91 Å². The number of benzene rings is 2. The number of nitrogens with zero attached hydrogens (tertiary/aromatic N) is 4. The quantitative estimate of drug-likeness (QED) is 0.567. The molecule has 2 aliphatic heterocycles. The Kier molecular flexibility index (Phi) is 6.86. The molecule has 2 amide bonds. The van der Waals surface area contributed by atoms with Crippen LogP contribution >= 0.6 is 0 Å². The molecule has 2 aliphatic rings. The highest BCUT2D eigenvalue weighted by atomic mass is 19.1. The molecule has 0 unspecified atom stereocenters. The maximum absolute atomic E-state index is 13.5. The number of carbonyl (C=O) groups is 2. The summed E-state index contributed by atoms with van der Waals surface area (Å²) >= 11 is 0. The van der Waals surface area contributed by atoms with Gasteiger partial charge in [-0.15, -0.1) is 5.10 Å². The maximum atomic E-state index is 13.5. The fourth-order valence-electron chi connectivity index (χ4n) is 4.33. The summed E-state index contributed by atoms with van der Waals surface area (Å²) < 4.78 is 33.1. The highest BCUT2D eigenvalue weighted by Gasteiger charge is 2.32. The lowest BCUT2D eigenvalue weighted by Crippen LogP contribution is -2.51. The summed E-state index contributed by atoms with van der Waals surface area (Å²) in [5.74, 6) is -0.997. The third-order valence-electron chi connectivity index (χ3n) is 6.37. The fourth-order valence-corrected chi connectivity index (χ4v) is 4.33. The molecule has 1 aromatic heterocycles. The molecule has 0 atom stereocenters. The molecule has 8 nitrogen and oxygen atoms in total. The van der Waals surface area contributed by atoms with Crippen LogP contribution in [0.4, 0.5) is 20.3 Å². The number of aromatic nitrogens is 2. The van der Waals surface area contributed by atoms with Gasteiger partial charge in [-0.05, 0) is 48.5 Å². The molecule has 10 heteroatoms. The monoisotopic (exact) mass is 493 g/mol. The number of carbonyl (C=O) groups excluding carboxylic acids is 2. The summed E-state index contributed by atoms with van der Waals surface area (Å²) in [6.07, 6.45) is 2.63. The van der Waals surface area contributed by atoms with Crippen LogP contribution in [0.1, 0.15) is 23.2 Å². The number of likely N-dealkylation sites (tertiary alicyclic amines) is 1. The van der Waals surface area contributed by atoms with Gasteiger partial charge in [0.15, 0.2) is 5.82 Å². The smallest absolute Gasteiger partial charge is 0.254 e. The number of piperidine rings is 1. The van der Waals surface area contributed by atoms with Crippen LogP contribution in [0.5, 0.6) is 5.75 Å². The summed E-state index contributed by atoms with van der Waals surface area (Å²) in [6, 6.07) is 13.6. The number of hydrogen-bond acceptors (Lipinski definition) is 6. The molecule has 0 spiro atoms. The Labute approximate surface area is 206 Å². The molecule has 2 fully saturated rings. The summed E-state index contributed by atoms with van der Waals surface area (Å²) in [7, 11) is 0. The molecule has 3 heterocycles. The molecule has 186 valence electrons. The van der Waals surface area contributed by atoms with Crippen molar-refractivity contribution in [2.45, 2.75) is 18.9 Å². The van der Waals surface area contributed by atoms with E-state index in [1.165, 1.54) is 0 Å². The van der Waals surface area contributed by atoms with Gasteiger partial charge in [0.05, 0.1) is 11.6 Å². The van der Waals surface area contributed by atoms with Crippen LogP contribution in [0, 0.1) is 17.6 Å². The summed E-state index contributed by atoms with van der Waals surface area (Å²) in [5, 5.41) is 11.1. The molecule has 3 aromatic rings. The second-order valence-corrected chi connectivity index (χ2v) is 8.87. The van der Waals surface area contributed by atoms with Crippen molar-refractivity contribution in [1.29, 1.82) is 0 Å². The summed E-state index contributed by atoms with van der Waals surface area (Å²) in [6.45, 7) is 2.10. The van der Waals surface area contributed by atoms with E-state index >= 15 is 0 Å². The van der Waals surface area contributed by atoms with Gasteiger partial charge < -0.3 is 15.0 Å². The zero-order valence-corrected chi connectivity index (χ0v) is 19.4. The minimum absolute atomic E-state index is 0.00217. The number of ether oxygens (including phenoxy) is 1. The largest absolute Gasteiger partial charge is 0.490 e. The van der Waals surface area contributed by atoms with Crippen molar-refractivity contribution in [3.63, 3.8) is 0 Å². The molecule has 2 aromatic carbocycles. The Hall–Kier alpha value is -3.92. The second kappa shape index (κ2) is 10.4. The van der Waals surface area contributed by atoms with E-state index in [9.17, 15) is 18.4 Å². The Morgan fingerprint density at radius 3 is 2.28 bits per heavy atom. The van der Waals surface area contributed by atoms with E-state index in [2.05, 4.69) is 15.5 Å². The molecule has 1 N–H and O–H groups in total.